The zero-order valence-electron chi connectivity index (χ0n) is 15.5. The summed E-state index contributed by atoms with van der Waals surface area (Å²) >= 11 is 0. The van der Waals surface area contributed by atoms with Crippen molar-refractivity contribution in [2.45, 2.75) is 19.9 Å². The number of aryl methyl sites for hydroxylation is 1. The highest BCUT2D eigenvalue weighted by Crippen LogP contribution is 2.23. The van der Waals surface area contributed by atoms with E-state index in [1.807, 2.05) is 68.4 Å². The van der Waals surface area contributed by atoms with E-state index in [1.165, 1.54) is 5.56 Å². The molecular weight excluding hydrogens is 326 g/mol. The maximum Gasteiger partial charge on any atom is 0.229 e. The van der Waals surface area contributed by atoms with Crippen molar-refractivity contribution in [3.63, 3.8) is 0 Å². The standard InChI is InChI=1S/C21H25N3O2/c1-15-5-4-6-16(11-15)13-24-14-17(12-20(24)25)21(26)22-18-7-9-19(10-8-18)23(2)3/h4-11,17H,12-14H2,1-3H3,(H,22,26). The van der Waals surface area contributed by atoms with Gasteiger partial charge in [0.2, 0.25) is 11.8 Å². The number of anilines is 2. The average molecular weight is 351 g/mol. The van der Waals surface area contributed by atoms with Crippen LogP contribution in [0.2, 0.25) is 0 Å². The van der Waals surface area contributed by atoms with E-state index in [-0.39, 0.29) is 24.2 Å². The van der Waals surface area contributed by atoms with Crippen molar-refractivity contribution in [3.8, 4) is 0 Å². The van der Waals surface area contributed by atoms with Gasteiger partial charge in [0.05, 0.1) is 5.92 Å². The SMILES string of the molecule is Cc1cccc(CN2CC(C(=O)Nc3ccc(N(C)C)cc3)CC2=O)c1. The Labute approximate surface area is 154 Å². The summed E-state index contributed by atoms with van der Waals surface area (Å²) in [7, 11) is 3.95. The van der Waals surface area contributed by atoms with Crippen molar-refractivity contribution < 1.29 is 9.59 Å². The number of nitrogens with zero attached hydrogens (tertiary/aromatic N) is 2. The lowest BCUT2D eigenvalue weighted by atomic mass is 10.1. The van der Waals surface area contributed by atoms with Crippen molar-refractivity contribution in [2.75, 3.05) is 30.9 Å². The number of rotatable bonds is 5. The minimum Gasteiger partial charge on any atom is -0.378 e. The number of hydrogen-bond acceptors (Lipinski definition) is 3. The van der Waals surface area contributed by atoms with Gasteiger partial charge in [0.25, 0.3) is 0 Å². The van der Waals surface area contributed by atoms with Crippen molar-refractivity contribution in [1.29, 1.82) is 0 Å². The first-order valence-corrected chi connectivity index (χ1v) is 8.84. The van der Waals surface area contributed by atoms with Crippen LogP contribution in [-0.4, -0.2) is 37.4 Å². The second-order valence-electron chi connectivity index (χ2n) is 7.09. The van der Waals surface area contributed by atoms with Gasteiger partial charge in [-0.05, 0) is 36.8 Å². The number of carbonyl (C=O) groups is 2. The predicted molar refractivity (Wildman–Crippen MR) is 104 cm³/mol. The van der Waals surface area contributed by atoms with E-state index < -0.39 is 0 Å². The Morgan fingerprint density at radius 2 is 1.92 bits per heavy atom. The highest BCUT2D eigenvalue weighted by atomic mass is 16.2. The summed E-state index contributed by atoms with van der Waals surface area (Å²) in [6.45, 7) is 3.06. The quantitative estimate of drug-likeness (QED) is 0.901. The monoisotopic (exact) mass is 351 g/mol. The molecule has 1 fully saturated rings. The third-order valence-electron chi connectivity index (χ3n) is 4.69. The molecule has 1 aliphatic rings. The molecule has 0 saturated carbocycles. The number of likely N-dealkylation sites (tertiary alicyclic amines) is 1. The summed E-state index contributed by atoms with van der Waals surface area (Å²) in [6, 6.07) is 15.8. The molecule has 1 N–H and O–H groups in total. The summed E-state index contributed by atoms with van der Waals surface area (Å²) in [5.41, 5.74) is 4.09. The molecule has 0 bridgehead atoms. The Morgan fingerprint density at radius 3 is 2.58 bits per heavy atom. The number of nitrogens with one attached hydrogen (secondary N) is 1. The zero-order chi connectivity index (χ0) is 18.7. The highest BCUT2D eigenvalue weighted by molar-refractivity contribution is 5.97. The minimum atomic E-state index is -0.305. The molecule has 2 aromatic rings. The van der Waals surface area contributed by atoms with Crippen molar-refractivity contribution >= 4 is 23.2 Å². The molecule has 136 valence electrons. The average Bonchev–Trinajstić information content (AvgIpc) is 2.96. The summed E-state index contributed by atoms with van der Waals surface area (Å²) in [6.07, 6.45) is 0.271. The number of hydrogen-bond donors (Lipinski definition) is 1. The lowest BCUT2D eigenvalue weighted by Gasteiger charge is -2.17. The predicted octanol–water partition coefficient (Wildman–Crippen LogP) is 3.05. The van der Waals surface area contributed by atoms with Gasteiger partial charge in [0.1, 0.15) is 0 Å². The van der Waals surface area contributed by atoms with Crippen LogP contribution in [0.1, 0.15) is 17.5 Å². The summed E-state index contributed by atoms with van der Waals surface area (Å²) in [5, 5.41) is 2.93. The van der Waals surface area contributed by atoms with Crippen molar-refractivity contribution in [1.82, 2.24) is 4.90 Å². The van der Waals surface area contributed by atoms with Gasteiger partial charge in [-0.3, -0.25) is 9.59 Å². The van der Waals surface area contributed by atoms with Gasteiger partial charge in [-0.25, -0.2) is 0 Å². The van der Waals surface area contributed by atoms with E-state index in [2.05, 4.69) is 11.4 Å². The van der Waals surface area contributed by atoms with E-state index in [4.69, 9.17) is 0 Å². The summed E-state index contributed by atoms with van der Waals surface area (Å²) < 4.78 is 0. The van der Waals surface area contributed by atoms with Crippen LogP contribution in [0.25, 0.3) is 0 Å². The Balaban J connectivity index is 1.59. The van der Waals surface area contributed by atoms with E-state index in [0.29, 0.717) is 13.1 Å². The number of benzene rings is 2. The van der Waals surface area contributed by atoms with Gasteiger partial charge in [-0.2, -0.15) is 0 Å². The molecule has 0 aromatic heterocycles. The van der Waals surface area contributed by atoms with Gasteiger partial charge >= 0.3 is 0 Å². The number of carbonyl (C=O) groups excluding carboxylic acids is 2. The topological polar surface area (TPSA) is 52.7 Å². The first-order valence-electron chi connectivity index (χ1n) is 8.84. The fourth-order valence-electron chi connectivity index (χ4n) is 3.22. The van der Waals surface area contributed by atoms with Crippen molar-refractivity contribution in [3.05, 3.63) is 59.7 Å². The molecule has 0 radical (unpaired) electrons. The molecule has 1 unspecified atom stereocenters. The first kappa shape index (κ1) is 18.0. The smallest absolute Gasteiger partial charge is 0.229 e. The van der Waals surface area contributed by atoms with Crippen LogP contribution in [0.15, 0.2) is 48.5 Å². The Kier molecular flexibility index (Phi) is 5.26. The second kappa shape index (κ2) is 7.60. The van der Waals surface area contributed by atoms with Crippen LogP contribution in [0.4, 0.5) is 11.4 Å². The lowest BCUT2D eigenvalue weighted by molar-refractivity contribution is -0.128. The molecule has 5 heteroatoms. The van der Waals surface area contributed by atoms with Crippen LogP contribution in [0.5, 0.6) is 0 Å². The maximum atomic E-state index is 12.5. The van der Waals surface area contributed by atoms with Gasteiger partial charge < -0.3 is 15.1 Å². The van der Waals surface area contributed by atoms with Gasteiger partial charge in [0, 0.05) is 45.0 Å². The molecule has 1 atom stereocenters. The van der Waals surface area contributed by atoms with Gasteiger partial charge in [-0.1, -0.05) is 29.8 Å². The summed E-state index contributed by atoms with van der Waals surface area (Å²) in [5.74, 6) is -0.363. The Bertz CT molecular complexity index is 799. The molecule has 1 heterocycles. The third-order valence-corrected chi connectivity index (χ3v) is 4.69. The van der Waals surface area contributed by atoms with Crippen LogP contribution in [0, 0.1) is 12.8 Å². The summed E-state index contributed by atoms with van der Waals surface area (Å²) in [4.78, 5) is 28.6. The second-order valence-corrected chi connectivity index (χ2v) is 7.09. The molecule has 1 aliphatic heterocycles. The fraction of sp³-hybridized carbons (Fsp3) is 0.333. The Hall–Kier alpha value is -2.82. The lowest BCUT2D eigenvalue weighted by Crippen LogP contribution is -2.28. The first-order chi connectivity index (χ1) is 12.4. The largest absolute Gasteiger partial charge is 0.378 e. The van der Waals surface area contributed by atoms with Gasteiger partial charge in [-0.15, -0.1) is 0 Å². The zero-order valence-corrected chi connectivity index (χ0v) is 15.5. The maximum absolute atomic E-state index is 12.5. The Morgan fingerprint density at radius 1 is 1.19 bits per heavy atom. The molecule has 2 aromatic carbocycles. The fourth-order valence-corrected chi connectivity index (χ4v) is 3.22. The molecule has 0 spiro atoms. The molecule has 2 amide bonds. The third kappa shape index (κ3) is 4.23. The van der Waals surface area contributed by atoms with Crippen LogP contribution < -0.4 is 10.2 Å². The molecule has 0 aliphatic carbocycles. The normalized spacial score (nSPS) is 16.7. The molecule has 1 saturated heterocycles. The van der Waals surface area contributed by atoms with E-state index in [0.717, 1.165) is 16.9 Å². The van der Waals surface area contributed by atoms with Crippen LogP contribution in [-0.2, 0) is 16.1 Å². The van der Waals surface area contributed by atoms with Crippen molar-refractivity contribution in [2.24, 2.45) is 5.92 Å². The molecular formula is C21H25N3O2. The van der Waals surface area contributed by atoms with E-state index in [1.54, 1.807) is 4.90 Å². The van der Waals surface area contributed by atoms with Crippen LogP contribution in [0.3, 0.4) is 0 Å². The van der Waals surface area contributed by atoms with E-state index >= 15 is 0 Å². The highest BCUT2D eigenvalue weighted by Gasteiger charge is 2.34. The van der Waals surface area contributed by atoms with Gasteiger partial charge in [0.15, 0.2) is 0 Å². The van der Waals surface area contributed by atoms with Crippen LogP contribution >= 0.6 is 0 Å². The number of amides is 2. The van der Waals surface area contributed by atoms with E-state index in [9.17, 15) is 9.59 Å². The molecule has 3 rings (SSSR count). The molecule has 26 heavy (non-hydrogen) atoms. The molecule has 5 nitrogen and oxygen atoms in total. The minimum absolute atomic E-state index is 0.0367.